The minimum Gasteiger partial charge on any atom is -0.312 e. The van der Waals surface area contributed by atoms with E-state index in [-0.39, 0.29) is 17.0 Å². The third-order valence-corrected chi connectivity index (χ3v) is 5.30. The molecule has 0 saturated heterocycles. The molecular formula is C15H29N3O2S. The average Bonchev–Trinajstić information content (AvgIpc) is 2.62. The Hall–Kier alpha value is -0.880. The number of nitrogens with one attached hydrogen (secondary N) is 1. The Labute approximate surface area is 129 Å². The molecule has 0 radical (unpaired) electrons. The third-order valence-electron chi connectivity index (χ3n) is 3.62. The second-order valence-corrected chi connectivity index (χ2v) is 9.01. The lowest BCUT2D eigenvalue weighted by Crippen LogP contribution is -2.37. The van der Waals surface area contributed by atoms with Crippen LogP contribution in [0.15, 0.2) is 0 Å². The summed E-state index contributed by atoms with van der Waals surface area (Å²) in [7, 11) is -2.95. The molecule has 1 heterocycles. The fraction of sp³-hybridized carbons (Fsp3) is 0.800. The first-order chi connectivity index (χ1) is 9.56. The van der Waals surface area contributed by atoms with Crippen LogP contribution in [0.5, 0.6) is 0 Å². The number of aryl methyl sites for hydroxylation is 2. The maximum absolute atomic E-state index is 11.6. The van der Waals surface area contributed by atoms with Crippen molar-refractivity contribution in [3.63, 3.8) is 0 Å². The van der Waals surface area contributed by atoms with Gasteiger partial charge in [0.2, 0.25) is 0 Å². The Kier molecular flexibility index (Phi) is 5.99. The van der Waals surface area contributed by atoms with Gasteiger partial charge in [-0.25, -0.2) is 8.42 Å². The summed E-state index contributed by atoms with van der Waals surface area (Å²) >= 11 is 0. The zero-order valence-electron chi connectivity index (χ0n) is 14.2. The molecule has 0 fully saturated rings. The molecular weight excluding hydrogens is 286 g/mol. The van der Waals surface area contributed by atoms with Crippen molar-refractivity contribution in [2.45, 2.75) is 60.0 Å². The smallest absolute Gasteiger partial charge is 0.151 e. The van der Waals surface area contributed by atoms with Gasteiger partial charge in [-0.3, -0.25) is 4.68 Å². The summed E-state index contributed by atoms with van der Waals surface area (Å²) in [5.41, 5.74) is 3.40. The maximum atomic E-state index is 11.6. The summed E-state index contributed by atoms with van der Waals surface area (Å²) in [5.74, 6) is 0.347. The Morgan fingerprint density at radius 3 is 2.38 bits per heavy atom. The Morgan fingerprint density at radius 1 is 1.24 bits per heavy atom. The van der Waals surface area contributed by atoms with Gasteiger partial charge in [0.15, 0.2) is 9.84 Å². The summed E-state index contributed by atoms with van der Waals surface area (Å²) in [4.78, 5) is 0. The van der Waals surface area contributed by atoms with E-state index >= 15 is 0 Å². The van der Waals surface area contributed by atoms with E-state index in [1.165, 1.54) is 5.56 Å². The first kappa shape index (κ1) is 18.2. The molecule has 1 N–H and O–H groups in total. The van der Waals surface area contributed by atoms with E-state index in [0.29, 0.717) is 6.54 Å². The normalized spacial score (nSPS) is 12.9. The first-order valence-corrected chi connectivity index (χ1v) is 9.36. The predicted octanol–water partition coefficient (Wildman–Crippen LogP) is 1.87. The predicted molar refractivity (Wildman–Crippen MR) is 87.5 cm³/mol. The van der Waals surface area contributed by atoms with Gasteiger partial charge in [0.05, 0.1) is 18.0 Å². The summed E-state index contributed by atoms with van der Waals surface area (Å²) in [6, 6.07) is 0. The minimum atomic E-state index is -2.95. The van der Waals surface area contributed by atoms with Crippen LogP contribution in [0.4, 0.5) is 0 Å². The largest absolute Gasteiger partial charge is 0.312 e. The third kappa shape index (κ3) is 5.79. The highest BCUT2D eigenvalue weighted by Crippen LogP contribution is 2.14. The Balaban J connectivity index is 2.72. The van der Waals surface area contributed by atoms with Crippen LogP contribution in [0.25, 0.3) is 0 Å². The number of hydrogen-bond acceptors (Lipinski definition) is 4. The maximum Gasteiger partial charge on any atom is 0.151 e. The zero-order chi connectivity index (χ0) is 16.3. The van der Waals surface area contributed by atoms with Crippen molar-refractivity contribution in [3.8, 4) is 0 Å². The van der Waals surface area contributed by atoms with Crippen LogP contribution in [0.3, 0.4) is 0 Å². The number of sulfone groups is 1. The van der Waals surface area contributed by atoms with E-state index in [1.54, 1.807) is 6.92 Å². The number of rotatable bonds is 7. The highest BCUT2D eigenvalue weighted by molar-refractivity contribution is 7.91. The summed E-state index contributed by atoms with van der Waals surface area (Å²) in [6.07, 6.45) is 0.912. The van der Waals surface area contributed by atoms with Crippen molar-refractivity contribution < 1.29 is 8.42 Å². The topological polar surface area (TPSA) is 64.0 Å². The molecule has 0 aliphatic carbocycles. The van der Waals surface area contributed by atoms with Gasteiger partial charge in [-0.05, 0) is 53.1 Å². The molecule has 122 valence electrons. The lowest BCUT2D eigenvalue weighted by atomic mass is 10.1. The second kappa shape index (κ2) is 6.92. The Morgan fingerprint density at radius 2 is 1.86 bits per heavy atom. The SMILES string of the molecule is CCS(=O)(=O)CCn1nc(C)c(CCNC(C)(C)C)c1C. The first-order valence-electron chi connectivity index (χ1n) is 7.54. The molecule has 0 aromatic carbocycles. The van der Waals surface area contributed by atoms with Crippen molar-refractivity contribution in [1.29, 1.82) is 0 Å². The van der Waals surface area contributed by atoms with E-state index in [1.807, 2.05) is 18.5 Å². The minimum absolute atomic E-state index is 0.104. The highest BCUT2D eigenvalue weighted by atomic mass is 32.2. The van der Waals surface area contributed by atoms with Gasteiger partial charge in [0, 0.05) is 17.0 Å². The van der Waals surface area contributed by atoms with Crippen LogP contribution >= 0.6 is 0 Å². The van der Waals surface area contributed by atoms with Crippen molar-refractivity contribution in [2.75, 3.05) is 18.1 Å². The van der Waals surface area contributed by atoms with E-state index in [4.69, 9.17) is 0 Å². The molecule has 1 aromatic rings. The molecule has 1 aromatic heterocycles. The lowest BCUT2D eigenvalue weighted by molar-refractivity contribution is 0.429. The molecule has 0 aliphatic rings. The van der Waals surface area contributed by atoms with Gasteiger partial charge in [0.1, 0.15) is 0 Å². The molecule has 0 saturated carbocycles. The van der Waals surface area contributed by atoms with Crippen molar-refractivity contribution >= 4 is 9.84 Å². The number of aromatic nitrogens is 2. The van der Waals surface area contributed by atoms with Crippen LogP contribution < -0.4 is 5.32 Å². The average molecular weight is 315 g/mol. The molecule has 0 aliphatic heterocycles. The van der Waals surface area contributed by atoms with Gasteiger partial charge in [-0.2, -0.15) is 5.10 Å². The van der Waals surface area contributed by atoms with E-state index < -0.39 is 9.84 Å². The van der Waals surface area contributed by atoms with Gasteiger partial charge in [-0.15, -0.1) is 0 Å². The number of nitrogens with zero attached hydrogens (tertiary/aromatic N) is 2. The van der Waals surface area contributed by atoms with Gasteiger partial charge >= 0.3 is 0 Å². The van der Waals surface area contributed by atoms with E-state index in [0.717, 1.165) is 24.4 Å². The van der Waals surface area contributed by atoms with E-state index in [9.17, 15) is 8.42 Å². The summed E-state index contributed by atoms with van der Waals surface area (Å²) in [6.45, 7) is 13.5. The molecule has 0 unspecified atom stereocenters. The van der Waals surface area contributed by atoms with E-state index in [2.05, 4.69) is 31.2 Å². The summed E-state index contributed by atoms with van der Waals surface area (Å²) in [5, 5.41) is 7.95. The molecule has 1 rings (SSSR count). The Bertz CT molecular complexity index is 568. The highest BCUT2D eigenvalue weighted by Gasteiger charge is 2.15. The fourth-order valence-electron chi connectivity index (χ4n) is 2.25. The molecule has 0 amide bonds. The molecule has 0 atom stereocenters. The number of hydrogen-bond donors (Lipinski definition) is 1. The van der Waals surface area contributed by atoms with Crippen molar-refractivity contribution in [1.82, 2.24) is 15.1 Å². The van der Waals surface area contributed by atoms with Gasteiger partial charge in [-0.1, -0.05) is 6.92 Å². The summed E-state index contributed by atoms with van der Waals surface area (Å²) < 4.78 is 25.0. The molecule has 0 bridgehead atoms. The van der Waals surface area contributed by atoms with Crippen LogP contribution in [0.2, 0.25) is 0 Å². The molecule has 6 heteroatoms. The van der Waals surface area contributed by atoms with Crippen LogP contribution in [0, 0.1) is 13.8 Å². The standard InChI is InChI=1S/C15H29N3O2S/c1-7-21(19,20)11-10-18-13(3)14(12(2)17-18)8-9-16-15(4,5)6/h16H,7-11H2,1-6H3. The van der Waals surface area contributed by atoms with Crippen molar-refractivity contribution in [3.05, 3.63) is 17.0 Å². The molecule has 5 nitrogen and oxygen atoms in total. The van der Waals surface area contributed by atoms with Crippen LogP contribution in [-0.4, -0.2) is 41.8 Å². The van der Waals surface area contributed by atoms with Gasteiger partial charge in [0.25, 0.3) is 0 Å². The molecule has 21 heavy (non-hydrogen) atoms. The lowest BCUT2D eigenvalue weighted by Gasteiger charge is -2.20. The quantitative estimate of drug-likeness (QED) is 0.834. The van der Waals surface area contributed by atoms with Gasteiger partial charge < -0.3 is 5.32 Å². The second-order valence-electron chi connectivity index (χ2n) is 6.54. The van der Waals surface area contributed by atoms with Crippen LogP contribution in [0.1, 0.15) is 44.6 Å². The van der Waals surface area contributed by atoms with Crippen LogP contribution in [-0.2, 0) is 22.8 Å². The van der Waals surface area contributed by atoms with Crippen molar-refractivity contribution in [2.24, 2.45) is 0 Å². The molecule has 0 spiro atoms. The monoisotopic (exact) mass is 315 g/mol. The zero-order valence-corrected chi connectivity index (χ0v) is 15.0. The fourth-order valence-corrected chi connectivity index (χ4v) is 2.99.